The van der Waals surface area contributed by atoms with Gasteiger partial charge < -0.3 is 5.32 Å². The number of benzene rings is 1. The monoisotopic (exact) mass is 387 g/mol. The molecule has 2 nitrogen and oxygen atoms in total. The van der Waals surface area contributed by atoms with Crippen LogP contribution in [0.2, 0.25) is 0 Å². The van der Waals surface area contributed by atoms with Crippen molar-refractivity contribution in [1.29, 1.82) is 0 Å². The van der Waals surface area contributed by atoms with E-state index in [1.165, 1.54) is 12.8 Å². The molecule has 1 aromatic carbocycles. The van der Waals surface area contributed by atoms with Crippen LogP contribution in [0.15, 0.2) is 27.1 Å². The van der Waals surface area contributed by atoms with E-state index < -0.39 is 0 Å². The first-order chi connectivity index (χ1) is 8.97. The van der Waals surface area contributed by atoms with E-state index in [2.05, 4.69) is 51.0 Å². The maximum atomic E-state index is 12.3. The van der Waals surface area contributed by atoms with E-state index >= 15 is 0 Å². The maximum absolute atomic E-state index is 12.3. The molecule has 0 saturated heterocycles. The summed E-state index contributed by atoms with van der Waals surface area (Å²) in [5, 5.41) is 3.19. The molecule has 104 valence electrons. The largest absolute Gasteiger partial charge is 0.349 e. The van der Waals surface area contributed by atoms with E-state index in [0.29, 0.717) is 23.4 Å². The lowest BCUT2D eigenvalue weighted by Gasteiger charge is -2.34. The third-order valence-electron chi connectivity index (χ3n) is 4.15. The van der Waals surface area contributed by atoms with Gasteiger partial charge in [-0.3, -0.25) is 4.79 Å². The van der Waals surface area contributed by atoms with Gasteiger partial charge in [-0.25, -0.2) is 0 Å². The molecule has 1 aliphatic rings. The Morgan fingerprint density at radius 1 is 1.16 bits per heavy atom. The van der Waals surface area contributed by atoms with E-state index in [1.54, 1.807) is 0 Å². The zero-order valence-corrected chi connectivity index (χ0v) is 14.4. The lowest BCUT2D eigenvalue weighted by Crippen LogP contribution is -2.43. The second kappa shape index (κ2) is 6.40. The summed E-state index contributed by atoms with van der Waals surface area (Å²) in [6, 6.07) is 5.95. The Hall–Kier alpha value is -0.350. The van der Waals surface area contributed by atoms with Crippen molar-refractivity contribution in [2.24, 2.45) is 11.8 Å². The summed E-state index contributed by atoms with van der Waals surface area (Å²) < 4.78 is 1.83. The molecule has 1 saturated carbocycles. The highest BCUT2D eigenvalue weighted by atomic mass is 79.9. The minimum atomic E-state index is 0.0213. The molecule has 0 bridgehead atoms. The van der Waals surface area contributed by atoms with Gasteiger partial charge in [-0.2, -0.15) is 0 Å². The van der Waals surface area contributed by atoms with Gasteiger partial charge in [-0.15, -0.1) is 0 Å². The number of carbonyl (C=O) groups excluding carboxylic acids is 1. The fourth-order valence-corrected chi connectivity index (χ4v) is 4.02. The van der Waals surface area contributed by atoms with Crippen molar-refractivity contribution in [3.05, 3.63) is 32.7 Å². The molecule has 0 spiro atoms. The molecule has 0 aromatic heterocycles. The zero-order chi connectivity index (χ0) is 14.0. The van der Waals surface area contributed by atoms with Crippen molar-refractivity contribution < 1.29 is 4.79 Å². The third kappa shape index (κ3) is 3.82. The summed E-state index contributed by atoms with van der Waals surface area (Å²) in [6.07, 6.45) is 3.57. The Labute approximate surface area is 131 Å². The van der Waals surface area contributed by atoms with Crippen molar-refractivity contribution >= 4 is 37.8 Å². The second-order valence-corrected chi connectivity index (χ2v) is 7.34. The third-order valence-corrected chi connectivity index (χ3v) is 5.06. The van der Waals surface area contributed by atoms with Crippen LogP contribution in [0.4, 0.5) is 0 Å². The SMILES string of the molecule is CC1CCCC(NC(=O)c2cc(Br)cc(Br)c2)C1C. The molecule has 1 N–H and O–H groups in total. The van der Waals surface area contributed by atoms with Gasteiger partial charge in [0, 0.05) is 20.6 Å². The first-order valence-electron chi connectivity index (χ1n) is 6.74. The van der Waals surface area contributed by atoms with Crippen LogP contribution >= 0.6 is 31.9 Å². The van der Waals surface area contributed by atoms with Crippen LogP contribution in [0.3, 0.4) is 0 Å². The van der Waals surface area contributed by atoms with Crippen LogP contribution in [0.5, 0.6) is 0 Å². The summed E-state index contributed by atoms with van der Waals surface area (Å²) in [6.45, 7) is 4.52. The van der Waals surface area contributed by atoms with Gasteiger partial charge in [0.05, 0.1) is 0 Å². The normalized spacial score (nSPS) is 27.1. The van der Waals surface area contributed by atoms with Gasteiger partial charge >= 0.3 is 0 Å². The smallest absolute Gasteiger partial charge is 0.251 e. The van der Waals surface area contributed by atoms with Crippen molar-refractivity contribution in [2.45, 2.75) is 39.2 Å². The van der Waals surface area contributed by atoms with E-state index in [-0.39, 0.29) is 5.91 Å². The molecule has 3 atom stereocenters. The number of rotatable bonds is 2. The molecule has 4 heteroatoms. The highest BCUT2D eigenvalue weighted by molar-refractivity contribution is 9.11. The summed E-state index contributed by atoms with van der Waals surface area (Å²) in [5.74, 6) is 1.26. The lowest BCUT2D eigenvalue weighted by atomic mass is 9.78. The molecule has 0 aliphatic heterocycles. The summed E-state index contributed by atoms with van der Waals surface area (Å²) in [7, 11) is 0. The quantitative estimate of drug-likeness (QED) is 0.776. The van der Waals surface area contributed by atoms with Crippen LogP contribution in [0.1, 0.15) is 43.5 Å². The molecule has 1 aliphatic carbocycles. The molecular formula is C15H19Br2NO. The average Bonchev–Trinajstić information content (AvgIpc) is 2.33. The minimum Gasteiger partial charge on any atom is -0.349 e. The Morgan fingerprint density at radius 3 is 2.42 bits per heavy atom. The number of amides is 1. The summed E-state index contributed by atoms with van der Waals surface area (Å²) in [4.78, 5) is 12.3. The van der Waals surface area contributed by atoms with Gasteiger partial charge in [0.15, 0.2) is 0 Å². The highest BCUT2D eigenvalue weighted by Crippen LogP contribution is 2.30. The zero-order valence-electron chi connectivity index (χ0n) is 11.2. The van der Waals surface area contributed by atoms with E-state index in [4.69, 9.17) is 0 Å². The molecule has 1 fully saturated rings. The summed E-state index contributed by atoms with van der Waals surface area (Å²) in [5.41, 5.74) is 0.701. The van der Waals surface area contributed by atoms with Crippen molar-refractivity contribution in [3.63, 3.8) is 0 Å². The van der Waals surface area contributed by atoms with Crippen LogP contribution < -0.4 is 5.32 Å². The maximum Gasteiger partial charge on any atom is 0.251 e. The fourth-order valence-electron chi connectivity index (χ4n) is 2.72. The first-order valence-corrected chi connectivity index (χ1v) is 8.33. The van der Waals surface area contributed by atoms with Gasteiger partial charge in [0.2, 0.25) is 0 Å². The van der Waals surface area contributed by atoms with E-state index in [9.17, 15) is 4.79 Å². The number of nitrogens with one attached hydrogen (secondary N) is 1. The van der Waals surface area contributed by atoms with Crippen LogP contribution in [0, 0.1) is 11.8 Å². The molecular weight excluding hydrogens is 370 g/mol. The Bertz CT molecular complexity index is 455. The molecule has 3 unspecified atom stereocenters. The molecule has 1 amide bonds. The number of halogens is 2. The second-order valence-electron chi connectivity index (χ2n) is 5.51. The van der Waals surface area contributed by atoms with E-state index in [1.807, 2.05) is 18.2 Å². The van der Waals surface area contributed by atoms with Crippen LogP contribution in [-0.4, -0.2) is 11.9 Å². The van der Waals surface area contributed by atoms with Crippen LogP contribution in [0.25, 0.3) is 0 Å². The Balaban J connectivity index is 2.08. The van der Waals surface area contributed by atoms with E-state index in [0.717, 1.165) is 15.4 Å². The average molecular weight is 389 g/mol. The highest BCUT2D eigenvalue weighted by Gasteiger charge is 2.28. The van der Waals surface area contributed by atoms with Gasteiger partial charge in [-0.1, -0.05) is 58.5 Å². The van der Waals surface area contributed by atoms with Gasteiger partial charge in [0.25, 0.3) is 5.91 Å². The lowest BCUT2D eigenvalue weighted by molar-refractivity contribution is 0.0891. The van der Waals surface area contributed by atoms with Crippen molar-refractivity contribution in [1.82, 2.24) is 5.32 Å². The molecule has 2 rings (SSSR count). The molecule has 19 heavy (non-hydrogen) atoms. The summed E-state index contributed by atoms with van der Waals surface area (Å²) >= 11 is 6.84. The Kier molecular flexibility index (Phi) is 5.07. The predicted octanol–water partition coefficient (Wildman–Crippen LogP) is 4.77. The molecule has 1 aromatic rings. The number of hydrogen-bond donors (Lipinski definition) is 1. The number of hydrogen-bond acceptors (Lipinski definition) is 1. The van der Waals surface area contributed by atoms with Gasteiger partial charge in [0.1, 0.15) is 0 Å². The molecule has 0 heterocycles. The standard InChI is InChI=1S/C15H19Br2NO/c1-9-4-3-5-14(10(9)2)18-15(19)11-6-12(16)8-13(17)7-11/h6-10,14H,3-5H2,1-2H3,(H,18,19). The molecule has 0 radical (unpaired) electrons. The predicted molar refractivity (Wildman–Crippen MR) is 85.3 cm³/mol. The Morgan fingerprint density at radius 2 is 1.79 bits per heavy atom. The minimum absolute atomic E-state index is 0.0213. The van der Waals surface area contributed by atoms with Crippen molar-refractivity contribution in [3.8, 4) is 0 Å². The first kappa shape index (κ1) is 15.0. The van der Waals surface area contributed by atoms with Gasteiger partial charge in [-0.05, 0) is 36.5 Å². The number of carbonyl (C=O) groups is 1. The fraction of sp³-hybridized carbons (Fsp3) is 0.533. The topological polar surface area (TPSA) is 29.1 Å². The van der Waals surface area contributed by atoms with Crippen LogP contribution in [-0.2, 0) is 0 Å². The van der Waals surface area contributed by atoms with Crippen molar-refractivity contribution in [2.75, 3.05) is 0 Å².